The molecular weight excluding hydrogens is 382 g/mol. The van der Waals surface area contributed by atoms with Crippen molar-refractivity contribution in [1.29, 1.82) is 0 Å². The molecule has 31 heavy (non-hydrogen) atoms. The van der Waals surface area contributed by atoms with Crippen LogP contribution in [-0.2, 0) is 0 Å². The van der Waals surface area contributed by atoms with Crippen molar-refractivity contribution in [2.24, 2.45) is 4.99 Å². The normalized spacial score (nSPS) is 10.6. The SMILES string of the molecule is CN(C)C(N=C(Nc1ccc2ccccc2c1)Nc1ccc2ccccc2c1)=[N+](C)C. The zero-order valence-corrected chi connectivity index (χ0v) is 18.4. The highest BCUT2D eigenvalue weighted by molar-refractivity contribution is 6.09. The van der Waals surface area contributed by atoms with Gasteiger partial charge in [-0.25, -0.2) is 0 Å². The maximum atomic E-state index is 4.89. The highest BCUT2D eigenvalue weighted by atomic mass is 15.3. The second-order valence-electron chi connectivity index (χ2n) is 7.92. The molecule has 0 unspecified atom stereocenters. The maximum Gasteiger partial charge on any atom is 0.392 e. The van der Waals surface area contributed by atoms with E-state index >= 15 is 0 Å². The summed E-state index contributed by atoms with van der Waals surface area (Å²) >= 11 is 0. The van der Waals surface area contributed by atoms with Crippen LogP contribution in [0.25, 0.3) is 21.5 Å². The highest BCUT2D eigenvalue weighted by Gasteiger charge is 2.15. The quantitative estimate of drug-likeness (QED) is 0.276. The van der Waals surface area contributed by atoms with Crippen LogP contribution >= 0.6 is 0 Å². The minimum atomic E-state index is 0.656. The van der Waals surface area contributed by atoms with Crippen molar-refractivity contribution in [1.82, 2.24) is 4.90 Å². The van der Waals surface area contributed by atoms with Crippen molar-refractivity contribution < 1.29 is 4.58 Å². The van der Waals surface area contributed by atoms with Gasteiger partial charge in [0.15, 0.2) is 0 Å². The van der Waals surface area contributed by atoms with E-state index in [1.165, 1.54) is 21.5 Å². The molecule has 156 valence electrons. The third-order valence-corrected chi connectivity index (χ3v) is 5.04. The van der Waals surface area contributed by atoms with Crippen LogP contribution < -0.4 is 10.6 Å². The molecule has 0 saturated carbocycles. The molecule has 0 amide bonds. The van der Waals surface area contributed by atoms with Crippen LogP contribution in [-0.4, -0.2) is 49.6 Å². The van der Waals surface area contributed by atoms with Crippen molar-refractivity contribution >= 4 is 44.8 Å². The van der Waals surface area contributed by atoms with Crippen LogP contribution in [0.15, 0.2) is 89.9 Å². The smallest absolute Gasteiger partial charge is 0.311 e. The minimum Gasteiger partial charge on any atom is -0.311 e. The lowest BCUT2D eigenvalue weighted by Crippen LogP contribution is -2.32. The van der Waals surface area contributed by atoms with E-state index < -0.39 is 0 Å². The van der Waals surface area contributed by atoms with Crippen molar-refractivity contribution in [3.63, 3.8) is 0 Å². The Hall–Kier alpha value is -3.86. The standard InChI is InChI=1S/C26H27N5/c1-30(2)26(31(3)4)29-25(27-23-15-13-19-9-5-7-11-21(19)17-23)28-24-16-14-20-10-6-8-12-22(20)18-24/h5-18H,1-4H3,(H,27,28)/p+1. The summed E-state index contributed by atoms with van der Waals surface area (Å²) in [7, 11) is 7.95. The lowest BCUT2D eigenvalue weighted by molar-refractivity contribution is -0.470. The largest absolute Gasteiger partial charge is 0.392 e. The molecule has 5 nitrogen and oxygen atoms in total. The zero-order valence-electron chi connectivity index (χ0n) is 18.4. The van der Waals surface area contributed by atoms with Crippen molar-refractivity contribution in [3.05, 3.63) is 84.9 Å². The summed E-state index contributed by atoms with van der Waals surface area (Å²) in [6.45, 7) is 0. The molecule has 0 aliphatic carbocycles. The van der Waals surface area contributed by atoms with Crippen LogP contribution in [0.4, 0.5) is 11.4 Å². The molecule has 0 atom stereocenters. The molecular formula is C26H28N5+. The van der Waals surface area contributed by atoms with Gasteiger partial charge in [0, 0.05) is 11.4 Å². The maximum absolute atomic E-state index is 4.89. The van der Waals surface area contributed by atoms with Crippen LogP contribution in [0.5, 0.6) is 0 Å². The van der Waals surface area contributed by atoms with Crippen LogP contribution in [0.2, 0.25) is 0 Å². The average molecular weight is 411 g/mol. The Balaban J connectivity index is 1.71. The predicted molar refractivity (Wildman–Crippen MR) is 133 cm³/mol. The first kappa shape index (κ1) is 20.4. The van der Waals surface area contributed by atoms with E-state index in [9.17, 15) is 0 Å². The highest BCUT2D eigenvalue weighted by Crippen LogP contribution is 2.21. The number of rotatable bonds is 2. The van der Waals surface area contributed by atoms with E-state index in [1.54, 1.807) is 0 Å². The Morgan fingerprint density at radius 3 is 1.55 bits per heavy atom. The van der Waals surface area contributed by atoms with Gasteiger partial charge in [-0.05, 0) is 50.8 Å². The predicted octanol–water partition coefficient (Wildman–Crippen LogP) is 5.06. The van der Waals surface area contributed by atoms with Crippen LogP contribution in [0.1, 0.15) is 0 Å². The van der Waals surface area contributed by atoms with Gasteiger partial charge < -0.3 is 10.6 Å². The Bertz CT molecular complexity index is 1200. The number of hydrogen-bond acceptors (Lipinski definition) is 0. The summed E-state index contributed by atoms with van der Waals surface area (Å²) in [5.74, 6) is 1.49. The Morgan fingerprint density at radius 1 is 0.677 bits per heavy atom. The van der Waals surface area contributed by atoms with Crippen molar-refractivity contribution in [3.8, 4) is 0 Å². The van der Waals surface area contributed by atoms with Gasteiger partial charge in [0.1, 0.15) is 0 Å². The van der Waals surface area contributed by atoms with E-state index in [1.807, 2.05) is 37.7 Å². The molecule has 0 saturated heterocycles. The Labute approximate surface area is 183 Å². The molecule has 5 heteroatoms. The first-order valence-electron chi connectivity index (χ1n) is 10.3. The third kappa shape index (κ3) is 4.83. The summed E-state index contributed by atoms with van der Waals surface area (Å²) in [5.41, 5.74) is 1.95. The monoisotopic (exact) mass is 410 g/mol. The number of aliphatic imine (C=N–C) groups is 1. The minimum absolute atomic E-state index is 0.656. The fourth-order valence-corrected chi connectivity index (χ4v) is 3.59. The molecule has 0 aliphatic heterocycles. The molecule has 4 aromatic rings. The fraction of sp³-hybridized carbons (Fsp3) is 0.154. The zero-order chi connectivity index (χ0) is 21.8. The van der Waals surface area contributed by atoms with Gasteiger partial charge in [0.2, 0.25) is 0 Å². The summed E-state index contributed by atoms with van der Waals surface area (Å²) in [4.78, 5) is 6.88. The Kier molecular flexibility index (Phi) is 5.85. The fourth-order valence-electron chi connectivity index (χ4n) is 3.59. The number of fused-ring (bicyclic) bond motifs is 2. The second kappa shape index (κ2) is 8.88. The van der Waals surface area contributed by atoms with E-state index in [-0.39, 0.29) is 0 Å². The first-order valence-corrected chi connectivity index (χ1v) is 10.3. The van der Waals surface area contributed by atoms with Gasteiger partial charge in [-0.3, -0.25) is 9.48 Å². The topological polar surface area (TPSA) is 42.7 Å². The molecule has 0 spiro atoms. The molecule has 2 N–H and O–H groups in total. The molecule has 0 aromatic heterocycles. The Morgan fingerprint density at radius 2 is 1.13 bits per heavy atom. The number of anilines is 2. The van der Waals surface area contributed by atoms with Crippen molar-refractivity contribution in [2.75, 3.05) is 38.8 Å². The van der Waals surface area contributed by atoms with E-state index in [4.69, 9.17) is 4.99 Å². The summed E-state index contributed by atoms with van der Waals surface area (Å²) in [6, 6.07) is 29.3. The molecule has 0 bridgehead atoms. The van der Waals surface area contributed by atoms with E-state index in [0.717, 1.165) is 17.3 Å². The van der Waals surface area contributed by atoms with Crippen molar-refractivity contribution in [2.45, 2.75) is 0 Å². The van der Waals surface area contributed by atoms with Gasteiger partial charge in [-0.1, -0.05) is 60.7 Å². The van der Waals surface area contributed by atoms with Crippen LogP contribution in [0, 0.1) is 0 Å². The number of nitrogens with one attached hydrogen (secondary N) is 2. The van der Waals surface area contributed by atoms with Gasteiger partial charge >= 0.3 is 5.96 Å². The van der Waals surface area contributed by atoms with E-state index in [2.05, 4.69) is 95.6 Å². The summed E-state index contributed by atoms with van der Waals surface area (Å²) in [5, 5.41) is 11.7. The van der Waals surface area contributed by atoms with Gasteiger partial charge in [0.25, 0.3) is 5.96 Å². The lowest BCUT2D eigenvalue weighted by atomic mass is 10.1. The molecule has 0 fully saturated rings. The molecule has 0 radical (unpaired) electrons. The third-order valence-electron chi connectivity index (χ3n) is 5.04. The number of benzene rings is 4. The number of nitrogens with zero attached hydrogens (tertiary/aromatic N) is 3. The average Bonchev–Trinajstić information content (AvgIpc) is 2.76. The second-order valence-corrected chi connectivity index (χ2v) is 7.92. The number of hydrogen-bond donors (Lipinski definition) is 2. The summed E-state index contributed by atoms with van der Waals surface area (Å²) in [6.07, 6.45) is 0. The number of guanidine groups is 2. The van der Waals surface area contributed by atoms with Gasteiger partial charge in [-0.15, -0.1) is 0 Å². The molecule has 4 rings (SSSR count). The lowest BCUT2D eigenvalue weighted by Gasteiger charge is -2.13. The van der Waals surface area contributed by atoms with Gasteiger partial charge in [-0.2, -0.15) is 0 Å². The van der Waals surface area contributed by atoms with Gasteiger partial charge in [0.05, 0.1) is 28.2 Å². The molecule has 0 heterocycles. The van der Waals surface area contributed by atoms with Crippen LogP contribution in [0.3, 0.4) is 0 Å². The first-order chi connectivity index (χ1) is 15.0. The molecule has 4 aromatic carbocycles. The molecule has 0 aliphatic rings. The van der Waals surface area contributed by atoms with E-state index in [0.29, 0.717) is 5.96 Å². The summed E-state index contributed by atoms with van der Waals surface area (Å²) < 4.78 is 1.99.